The van der Waals surface area contributed by atoms with Gasteiger partial charge < -0.3 is 14.2 Å². The summed E-state index contributed by atoms with van der Waals surface area (Å²) in [4.78, 5) is 29.5. The van der Waals surface area contributed by atoms with E-state index in [1.165, 1.54) is 28.9 Å². The number of rotatable bonds is 5. The fourth-order valence-electron chi connectivity index (χ4n) is 4.61. The molecule has 2 aliphatic heterocycles. The Hall–Kier alpha value is -3.65. The third kappa shape index (κ3) is 4.61. The minimum absolute atomic E-state index is 0.00939. The van der Waals surface area contributed by atoms with Gasteiger partial charge in [0.05, 0.1) is 6.07 Å². The van der Waals surface area contributed by atoms with Crippen LogP contribution in [0.3, 0.4) is 0 Å². The molecular formula is C25H26N4O4. The average Bonchev–Trinajstić information content (AvgIpc) is 3.35. The SMILES string of the molecule is O=C(c1ccc([N+](=O)[O-])o1)N1CCc2cc(N3CCN(Cc4ccccc4)CC3)ccc2C1. The van der Waals surface area contributed by atoms with Crippen LogP contribution in [0, 0.1) is 10.1 Å². The Morgan fingerprint density at radius 2 is 1.73 bits per heavy atom. The first kappa shape index (κ1) is 21.2. The summed E-state index contributed by atoms with van der Waals surface area (Å²) < 4.78 is 5.09. The van der Waals surface area contributed by atoms with Crippen molar-refractivity contribution in [1.29, 1.82) is 0 Å². The molecule has 0 radical (unpaired) electrons. The number of furan rings is 1. The van der Waals surface area contributed by atoms with E-state index in [1.54, 1.807) is 4.90 Å². The third-order valence-electron chi connectivity index (χ3n) is 6.46. The number of fused-ring (bicyclic) bond motifs is 1. The molecule has 33 heavy (non-hydrogen) atoms. The van der Waals surface area contributed by atoms with Crippen molar-refractivity contribution in [2.24, 2.45) is 0 Å². The Labute approximate surface area is 192 Å². The van der Waals surface area contributed by atoms with Gasteiger partial charge in [0.1, 0.15) is 4.92 Å². The minimum Gasteiger partial charge on any atom is -0.395 e. The molecule has 8 heteroatoms. The molecule has 3 aromatic rings. The van der Waals surface area contributed by atoms with E-state index in [0.717, 1.165) is 44.7 Å². The average molecular weight is 447 g/mol. The summed E-state index contributed by atoms with van der Waals surface area (Å²) in [6.07, 6.45) is 0.756. The van der Waals surface area contributed by atoms with E-state index >= 15 is 0 Å². The summed E-state index contributed by atoms with van der Waals surface area (Å²) in [7, 11) is 0. The molecule has 8 nitrogen and oxygen atoms in total. The van der Waals surface area contributed by atoms with Gasteiger partial charge in [-0.3, -0.25) is 19.8 Å². The van der Waals surface area contributed by atoms with Crippen LogP contribution in [0.1, 0.15) is 27.2 Å². The van der Waals surface area contributed by atoms with Gasteiger partial charge in [-0.1, -0.05) is 36.4 Å². The van der Waals surface area contributed by atoms with E-state index in [9.17, 15) is 14.9 Å². The second-order valence-electron chi connectivity index (χ2n) is 8.57. The van der Waals surface area contributed by atoms with Crippen LogP contribution in [0.4, 0.5) is 11.6 Å². The number of amides is 1. The number of hydrogen-bond acceptors (Lipinski definition) is 6. The van der Waals surface area contributed by atoms with Crippen molar-refractivity contribution in [2.45, 2.75) is 19.5 Å². The smallest absolute Gasteiger partial charge is 0.395 e. The van der Waals surface area contributed by atoms with Crippen LogP contribution in [0.15, 0.2) is 65.1 Å². The van der Waals surface area contributed by atoms with Gasteiger partial charge in [-0.2, -0.15) is 0 Å². The van der Waals surface area contributed by atoms with Crippen molar-refractivity contribution in [3.05, 3.63) is 93.2 Å². The molecule has 0 N–H and O–H groups in total. The fraction of sp³-hybridized carbons (Fsp3) is 0.320. The minimum atomic E-state index is -0.634. The molecular weight excluding hydrogens is 420 g/mol. The Morgan fingerprint density at radius 1 is 0.939 bits per heavy atom. The van der Waals surface area contributed by atoms with Gasteiger partial charge in [-0.25, -0.2) is 0 Å². The first-order valence-corrected chi connectivity index (χ1v) is 11.2. The topological polar surface area (TPSA) is 83.1 Å². The lowest BCUT2D eigenvalue weighted by molar-refractivity contribution is -0.402. The van der Waals surface area contributed by atoms with Crippen LogP contribution in [-0.2, 0) is 19.5 Å². The van der Waals surface area contributed by atoms with E-state index in [1.807, 2.05) is 0 Å². The lowest BCUT2D eigenvalue weighted by Gasteiger charge is -2.37. The summed E-state index contributed by atoms with van der Waals surface area (Å²) in [5.74, 6) is -0.716. The van der Waals surface area contributed by atoms with Crippen LogP contribution in [-0.4, -0.2) is 53.4 Å². The van der Waals surface area contributed by atoms with E-state index in [0.29, 0.717) is 13.1 Å². The van der Waals surface area contributed by atoms with Gasteiger partial charge >= 0.3 is 5.88 Å². The Bertz CT molecular complexity index is 1150. The van der Waals surface area contributed by atoms with Gasteiger partial charge in [-0.05, 0) is 41.3 Å². The predicted molar refractivity (Wildman–Crippen MR) is 124 cm³/mol. The number of benzene rings is 2. The molecule has 2 aliphatic rings. The molecule has 3 heterocycles. The number of carbonyl (C=O) groups is 1. The van der Waals surface area contributed by atoms with E-state index < -0.39 is 10.8 Å². The molecule has 170 valence electrons. The van der Waals surface area contributed by atoms with Crippen LogP contribution in [0.5, 0.6) is 0 Å². The summed E-state index contributed by atoms with van der Waals surface area (Å²) in [6.45, 7) is 6.08. The summed E-state index contributed by atoms with van der Waals surface area (Å²) in [5.41, 5.74) is 4.95. The van der Waals surface area contributed by atoms with Crippen molar-refractivity contribution in [2.75, 3.05) is 37.6 Å². The highest BCUT2D eigenvalue weighted by atomic mass is 16.6. The zero-order valence-corrected chi connectivity index (χ0v) is 18.4. The zero-order valence-electron chi connectivity index (χ0n) is 18.4. The molecule has 1 fully saturated rings. The number of anilines is 1. The lowest BCUT2D eigenvalue weighted by Crippen LogP contribution is -2.46. The highest BCUT2D eigenvalue weighted by Gasteiger charge is 2.26. The first-order chi connectivity index (χ1) is 16.1. The number of nitro groups is 1. The molecule has 0 aliphatic carbocycles. The normalized spacial score (nSPS) is 16.5. The maximum Gasteiger partial charge on any atom is 0.433 e. The van der Waals surface area contributed by atoms with Crippen LogP contribution >= 0.6 is 0 Å². The summed E-state index contributed by atoms with van der Waals surface area (Å²) in [5, 5.41) is 10.8. The van der Waals surface area contributed by atoms with Gasteiger partial charge in [0.25, 0.3) is 5.91 Å². The third-order valence-corrected chi connectivity index (χ3v) is 6.46. The number of nitrogens with zero attached hydrogens (tertiary/aromatic N) is 4. The van der Waals surface area contributed by atoms with Crippen LogP contribution in [0.25, 0.3) is 0 Å². The van der Waals surface area contributed by atoms with Crippen molar-refractivity contribution in [3.63, 3.8) is 0 Å². The standard InChI is InChI=1S/C25H26N4O4/c30-25(23-8-9-24(33-23)29(31)32)28-11-10-20-16-22(7-6-21(20)18-28)27-14-12-26(13-15-27)17-19-4-2-1-3-5-19/h1-9,16H,10-15,17-18H2. The molecule has 0 unspecified atom stereocenters. The van der Waals surface area contributed by atoms with E-state index in [2.05, 4.69) is 58.3 Å². The highest BCUT2D eigenvalue weighted by molar-refractivity contribution is 5.92. The van der Waals surface area contributed by atoms with Crippen LogP contribution in [0.2, 0.25) is 0 Å². The molecule has 0 spiro atoms. The second kappa shape index (κ2) is 9.07. The van der Waals surface area contributed by atoms with Gasteiger partial charge in [-0.15, -0.1) is 0 Å². The van der Waals surface area contributed by atoms with Gasteiger partial charge in [0, 0.05) is 51.5 Å². The molecule has 5 rings (SSSR count). The summed E-state index contributed by atoms with van der Waals surface area (Å²) >= 11 is 0. The quantitative estimate of drug-likeness (QED) is 0.439. The molecule has 1 aromatic heterocycles. The maximum absolute atomic E-state index is 12.7. The zero-order chi connectivity index (χ0) is 22.8. The largest absolute Gasteiger partial charge is 0.433 e. The highest BCUT2D eigenvalue weighted by Crippen LogP contribution is 2.27. The molecule has 1 amide bonds. The number of carbonyl (C=O) groups excluding carboxylic acids is 1. The number of hydrogen-bond donors (Lipinski definition) is 0. The number of piperazine rings is 1. The second-order valence-corrected chi connectivity index (χ2v) is 8.57. The molecule has 2 aromatic carbocycles. The molecule has 0 atom stereocenters. The Balaban J connectivity index is 1.20. The molecule has 0 bridgehead atoms. The van der Waals surface area contributed by atoms with Crippen molar-refractivity contribution < 1.29 is 14.1 Å². The van der Waals surface area contributed by atoms with E-state index in [4.69, 9.17) is 4.42 Å². The Morgan fingerprint density at radius 3 is 2.45 bits per heavy atom. The lowest BCUT2D eigenvalue weighted by atomic mass is 9.98. The van der Waals surface area contributed by atoms with Crippen molar-refractivity contribution >= 4 is 17.5 Å². The van der Waals surface area contributed by atoms with Gasteiger partial charge in [0.15, 0.2) is 5.76 Å². The molecule has 0 saturated carbocycles. The fourth-order valence-corrected chi connectivity index (χ4v) is 4.61. The monoisotopic (exact) mass is 446 g/mol. The van der Waals surface area contributed by atoms with Crippen molar-refractivity contribution in [1.82, 2.24) is 9.80 Å². The van der Waals surface area contributed by atoms with Gasteiger partial charge in [0.2, 0.25) is 0 Å². The summed E-state index contributed by atoms with van der Waals surface area (Å²) in [6, 6.07) is 19.7. The predicted octanol–water partition coefficient (Wildman–Crippen LogP) is 3.71. The molecule has 1 saturated heterocycles. The van der Waals surface area contributed by atoms with E-state index in [-0.39, 0.29) is 11.7 Å². The maximum atomic E-state index is 12.7. The Kier molecular flexibility index (Phi) is 5.83. The van der Waals surface area contributed by atoms with Crippen LogP contribution < -0.4 is 4.90 Å². The first-order valence-electron chi connectivity index (χ1n) is 11.2. The van der Waals surface area contributed by atoms with Crippen molar-refractivity contribution in [3.8, 4) is 0 Å².